The summed E-state index contributed by atoms with van der Waals surface area (Å²) in [6.45, 7) is 3.58. The summed E-state index contributed by atoms with van der Waals surface area (Å²) in [4.78, 5) is 24.1. The van der Waals surface area contributed by atoms with E-state index in [2.05, 4.69) is 9.97 Å². The number of pyridine rings is 1. The first-order chi connectivity index (χ1) is 12.1. The highest BCUT2D eigenvalue weighted by atomic mass is 16.4. The lowest BCUT2D eigenvalue weighted by Gasteiger charge is -2.29. The highest BCUT2D eigenvalue weighted by Gasteiger charge is 2.33. The van der Waals surface area contributed by atoms with Gasteiger partial charge in [-0.25, -0.2) is 4.98 Å². The summed E-state index contributed by atoms with van der Waals surface area (Å²) in [5, 5.41) is 1.03. The molecule has 2 heterocycles. The third kappa shape index (κ3) is 2.80. The predicted molar refractivity (Wildman–Crippen MR) is 96.8 cm³/mol. The van der Waals surface area contributed by atoms with Gasteiger partial charge in [0.05, 0.1) is 16.9 Å². The third-order valence-corrected chi connectivity index (χ3v) is 4.88. The van der Waals surface area contributed by atoms with Crippen LogP contribution in [0.4, 0.5) is 5.69 Å². The van der Waals surface area contributed by atoms with Crippen LogP contribution in [0.2, 0.25) is 0 Å². The summed E-state index contributed by atoms with van der Waals surface area (Å²) in [7, 11) is 0. The number of amides is 1. The van der Waals surface area contributed by atoms with Crippen molar-refractivity contribution in [3.8, 4) is 0 Å². The number of para-hydroxylation sites is 1. The zero-order valence-corrected chi connectivity index (χ0v) is 14.5. The molecule has 1 aliphatic rings. The van der Waals surface area contributed by atoms with Crippen LogP contribution < -0.4 is 4.90 Å². The Hall–Kier alpha value is -2.69. The van der Waals surface area contributed by atoms with Crippen molar-refractivity contribution in [1.82, 2.24) is 9.97 Å². The van der Waals surface area contributed by atoms with Crippen molar-refractivity contribution in [2.45, 2.75) is 45.6 Å². The van der Waals surface area contributed by atoms with Gasteiger partial charge in [0, 0.05) is 24.5 Å². The Morgan fingerprint density at radius 1 is 1.16 bits per heavy atom. The van der Waals surface area contributed by atoms with Crippen LogP contribution in [-0.2, 0) is 0 Å². The molecule has 1 aromatic carbocycles. The van der Waals surface area contributed by atoms with Crippen molar-refractivity contribution in [3.05, 3.63) is 53.9 Å². The summed E-state index contributed by atoms with van der Waals surface area (Å²) in [5.74, 6) is 0.726. The van der Waals surface area contributed by atoms with Crippen LogP contribution in [0.5, 0.6) is 0 Å². The highest BCUT2D eigenvalue weighted by molar-refractivity contribution is 6.09. The molecule has 1 fully saturated rings. The molecule has 5 nitrogen and oxygen atoms in total. The van der Waals surface area contributed by atoms with Crippen molar-refractivity contribution >= 4 is 22.5 Å². The maximum Gasteiger partial charge on any atom is 0.296 e. The summed E-state index contributed by atoms with van der Waals surface area (Å²) in [6, 6.07) is 10.1. The number of benzene rings is 1. The van der Waals surface area contributed by atoms with Gasteiger partial charge in [-0.3, -0.25) is 9.78 Å². The topological polar surface area (TPSA) is 59.2 Å². The number of hydrogen-bond acceptors (Lipinski definition) is 4. The Kier molecular flexibility index (Phi) is 3.99. The van der Waals surface area contributed by atoms with Gasteiger partial charge < -0.3 is 9.32 Å². The molecule has 2 aromatic heterocycles. The molecular formula is C20H21N3O2. The van der Waals surface area contributed by atoms with E-state index in [-0.39, 0.29) is 11.9 Å². The molecule has 0 radical (unpaired) electrons. The zero-order chi connectivity index (χ0) is 17.4. The van der Waals surface area contributed by atoms with E-state index in [1.165, 1.54) is 0 Å². The molecule has 0 aliphatic heterocycles. The molecule has 1 amide bonds. The number of rotatable bonds is 3. The standard InChI is InChI=1S/C20H21N3O2/c1-13-19(25-14(2)22-13)20(24)23(16-9-3-4-10-16)17-11-5-7-15-8-6-12-21-18(15)17/h5-8,11-12,16H,3-4,9-10H2,1-2H3. The van der Waals surface area contributed by atoms with E-state index in [1.807, 2.05) is 42.2 Å². The lowest BCUT2D eigenvalue weighted by Crippen LogP contribution is -2.39. The number of fused-ring (bicyclic) bond motifs is 1. The molecular weight excluding hydrogens is 314 g/mol. The Bertz CT molecular complexity index is 920. The minimum absolute atomic E-state index is 0.122. The van der Waals surface area contributed by atoms with Crippen LogP contribution in [0.25, 0.3) is 10.9 Å². The molecule has 0 saturated heterocycles. The van der Waals surface area contributed by atoms with Crippen LogP contribution in [-0.4, -0.2) is 21.9 Å². The highest BCUT2D eigenvalue weighted by Crippen LogP contribution is 2.34. The lowest BCUT2D eigenvalue weighted by molar-refractivity contribution is 0.0948. The van der Waals surface area contributed by atoms with Gasteiger partial charge in [-0.15, -0.1) is 0 Å². The van der Waals surface area contributed by atoms with Crippen molar-refractivity contribution in [3.63, 3.8) is 0 Å². The largest absolute Gasteiger partial charge is 0.436 e. The number of nitrogens with zero attached hydrogens (tertiary/aromatic N) is 3. The third-order valence-electron chi connectivity index (χ3n) is 4.88. The van der Waals surface area contributed by atoms with Crippen LogP contribution in [0.15, 0.2) is 40.9 Å². The number of hydrogen-bond donors (Lipinski definition) is 0. The average molecular weight is 335 g/mol. The Morgan fingerprint density at radius 2 is 1.92 bits per heavy atom. The van der Waals surface area contributed by atoms with E-state index < -0.39 is 0 Å². The van der Waals surface area contributed by atoms with Crippen LogP contribution >= 0.6 is 0 Å². The van der Waals surface area contributed by atoms with Crippen molar-refractivity contribution in [2.24, 2.45) is 0 Å². The number of carbonyl (C=O) groups excluding carboxylic acids is 1. The van der Waals surface area contributed by atoms with Crippen molar-refractivity contribution < 1.29 is 9.21 Å². The normalized spacial score (nSPS) is 15.0. The number of carbonyl (C=O) groups is 1. The fraction of sp³-hybridized carbons (Fsp3) is 0.350. The molecule has 25 heavy (non-hydrogen) atoms. The fourth-order valence-corrected chi connectivity index (χ4v) is 3.76. The molecule has 5 heteroatoms. The molecule has 1 saturated carbocycles. The molecule has 128 valence electrons. The number of anilines is 1. The first kappa shape index (κ1) is 15.8. The van der Waals surface area contributed by atoms with Crippen LogP contribution in [0.1, 0.15) is 47.8 Å². The summed E-state index contributed by atoms with van der Waals surface area (Å²) >= 11 is 0. The van der Waals surface area contributed by atoms with Gasteiger partial charge in [0.1, 0.15) is 0 Å². The maximum absolute atomic E-state index is 13.4. The molecule has 1 aliphatic carbocycles. The number of aryl methyl sites for hydroxylation is 2. The molecule has 4 rings (SSSR count). The molecule has 0 N–H and O–H groups in total. The monoisotopic (exact) mass is 335 g/mol. The van der Waals surface area contributed by atoms with E-state index in [9.17, 15) is 4.79 Å². The minimum atomic E-state index is -0.122. The predicted octanol–water partition coefficient (Wildman–Crippen LogP) is 4.43. The van der Waals surface area contributed by atoms with Crippen LogP contribution in [0.3, 0.4) is 0 Å². The SMILES string of the molecule is Cc1nc(C)c(C(=O)N(c2cccc3cccnc23)C2CCCC2)o1. The molecule has 0 bridgehead atoms. The Labute approximate surface area is 146 Å². The summed E-state index contributed by atoms with van der Waals surface area (Å²) in [6.07, 6.45) is 6.05. The first-order valence-corrected chi connectivity index (χ1v) is 8.76. The Morgan fingerprint density at radius 3 is 2.64 bits per heavy atom. The van der Waals surface area contributed by atoms with Gasteiger partial charge in [-0.2, -0.15) is 0 Å². The van der Waals surface area contributed by atoms with E-state index in [4.69, 9.17) is 4.42 Å². The van der Waals surface area contributed by atoms with Gasteiger partial charge in [0.25, 0.3) is 5.91 Å². The second-order valence-corrected chi connectivity index (χ2v) is 6.61. The molecule has 3 aromatic rings. The van der Waals surface area contributed by atoms with Gasteiger partial charge >= 0.3 is 0 Å². The second-order valence-electron chi connectivity index (χ2n) is 6.61. The van der Waals surface area contributed by atoms with Gasteiger partial charge in [0.2, 0.25) is 5.76 Å². The molecule has 0 spiro atoms. The van der Waals surface area contributed by atoms with Crippen LogP contribution in [0, 0.1) is 13.8 Å². The van der Waals surface area contributed by atoms with E-state index in [0.29, 0.717) is 17.3 Å². The minimum Gasteiger partial charge on any atom is -0.436 e. The van der Waals surface area contributed by atoms with Gasteiger partial charge in [-0.05, 0) is 31.9 Å². The summed E-state index contributed by atoms with van der Waals surface area (Å²) in [5.41, 5.74) is 2.33. The van der Waals surface area contributed by atoms with E-state index in [0.717, 1.165) is 42.3 Å². The second kappa shape index (κ2) is 6.31. The zero-order valence-electron chi connectivity index (χ0n) is 14.5. The average Bonchev–Trinajstić information content (AvgIpc) is 3.25. The van der Waals surface area contributed by atoms with Gasteiger partial charge in [0.15, 0.2) is 5.89 Å². The lowest BCUT2D eigenvalue weighted by atomic mass is 10.1. The number of oxazole rings is 1. The van der Waals surface area contributed by atoms with E-state index >= 15 is 0 Å². The maximum atomic E-state index is 13.4. The van der Waals surface area contributed by atoms with Crippen molar-refractivity contribution in [1.29, 1.82) is 0 Å². The number of aromatic nitrogens is 2. The molecule has 0 unspecified atom stereocenters. The fourth-order valence-electron chi connectivity index (χ4n) is 3.76. The van der Waals surface area contributed by atoms with E-state index in [1.54, 1.807) is 13.1 Å². The first-order valence-electron chi connectivity index (χ1n) is 8.76. The Balaban J connectivity index is 1.86. The van der Waals surface area contributed by atoms with Gasteiger partial charge in [-0.1, -0.05) is 31.0 Å². The quantitative estimate of drug-likeness (QED) is 0.710. The molecule has 0 atom stereocenters. The summed E-state index contributed by atoms with van der Waals surface area (Å²) < 4.78 is 5.63. The smallest absolute Gasteiger partial charge is 0.296 e. The van der Waals surface area contributed by atoms with Crippen molar-refractivity contribution in [2.75, 3.05) is 4.90 Å².